The van der Waals surface area contributed by atoms with E-state index in [1.165, 1.54) is 47.9 Å². The van der Waals surface area contributed by atoms with Crippen LogP contribution in [0.25, 0.3) is 0 Å². The van der Waals surface area contributed by atoms with Gasteiger partial charge in [-0.2, -0.15) is 0 Å². The predicted octanol–water partition coefficient (Wildman–Crippen LogP) is 5.94. The zero-order chi connectivity index (χ0) is 16.1. The first-order valence-corrected chi connectivity index (χ1v) is 16.0. The molecule has 0 fully saturated rings. The third-order valence-electron chi connectivity index (χ3n) is 3.00. The maximum atomic E-state index is 7.75. The van der Waals surface area contributed by atoms with E-state index in [2.05, 4.69) is 76.8 Å². The number of carbonyl (C=O) groups excluding carboxylic acids is 1. The first kappa shape index (κ1) is 29.1. The molecule has 0 atom stereocenters. The molecule has 0 radical (unpaired) electrons. The van der Waals surface area contributed by atoms with Crippen LogP contribution in [0.3, 0.4) is 0 Å². The maximum absolute atomic E-state index is 7.75. The summed E-state index contributed by atoms with van der Waals surface area (Å²) in [5.41, 5.74) is 0. The summed E-state index contributed by atoms with van der Waals surface area (Å²) in [6.07, 6.45) is 8.74. The molecule has 6 heteroatoms. The fraction of sp³-hybridized carbons (Fsp3) is 0.923. The van der Waals surface area contributed by atoms with Crippen molar-refractivity contribution in [3.8, 4) is 0 Å². The Morgan fingerprint density at radius 3 is 0.789 bits per heavy atom. The molecule has 0 aliphatic rings. The van der Waals surface area contributed by atoms with Gasteiger partial charge in [0.15, 0.2) is 0 Å². The van der Waals surface area contributed by atoms with Gasteiger partial charge in [0.25, 0.3) is 0 Å². The molecule has 0 rings (SSSR count). The van der Waals surface area contributed by atoms with Gasteiger partial charge in [0.1, 0.15) is 0 Å². The van der Waals surface area contributed by atoms with Crippen molar-refractivity contribution in [2.24, 2.45) is 0 Å². The number of hydrogen-bond acceptors (Lipinski definition) is 1. The minimum absolute atomic E-state index is 0.137. The fourth-order valence-corrected chi connectivity index (χ4v) is 4.50. The Labute approximate surface area is 144 Å². The molecule has 0 aliphatic carbocycles. The van der Waals surface area contributed by atoms with Crippen molar-refractivity contribution < 1.29 is 15.7 Å². The number of rotatable bonds is 6. The average Bonchev–Trinajstić information content (AvgIpc) is 2.46. The van der Waals surface area contributed by atoms with E-state index in [0.29, 0.717) is 0 Å². The molecular formula is C13H33Br2NiOP2+2. The van der Waals surface area contributed by atoms with Gasteiger partial charge in [0.05, 0.1) is 37.0 Å². The van der Waals surface area contributed by atoms with Gasteiger partial charge in [-0.05, 0) is 57.4 Å². The summed E-state index contributed by atoms with van der Waals surface area (Å²) in [6.45, 7) is 17.1. The molecule has 0 spiro atoms. The van der Waals surface area contributed by atoms with Gasteiger partial charge in [-0.1, -0.05) is 0 Å². The minimum atomic E-state index is 0.137. The Balaban J connectivity index is -0.0000000888. The van der Waals surface area contributed by atoms with E-state index in [4.69, 9.17) is 4.79 Å². The van der Waals surface area contributed by atoms with Crippen LogP contribution in [0.5, 0.6) is 0 Å². The molecule has 1 nitrogen and oxygen atoms in total. The Morgan fingerprint density at radius 2 is 0.789 bits per heavy atom. The van der Waals surface area contributed by atoms with Gasteiger partial charge in [-0.25, -0.2) is 0 Å². The molecular weight excluding hydrogens is 453 g/mol. The van der Waals surface area contributed by atoms with Crippen molar-refractivity contribution in [2.75, 3.05) is 37.0 Å². The van der Waals surface area contributed by atoms with Gasteiger partial charge in [0.2, 0.25) is 0 Å². The summed E-state index contributed by atoms with van der Waals surface area (Å²) < 4.78 is 0. The maximum Gasteiger partial charge on any atom is -0.282 e. The minimum Gasteiger partial charge on any atom is -0.545 e. The summed E-state index contributed by atoms with van der Waals surface area (Å²) in [5.74, 6) is 0. The third-order valence-corrected chi connectivity index (χ3v) is 9.00. The normalized spacial score (nSPS) is 8.95. The fourth-order valence-electron chi connectivity index (χ4n) is 1.50. The molecule has 19 heavy (non-hydrogen) atoms. The molecule has 0 aliphatic heterocycles. The molecule has 0 aromatic rings. The molecule has 0 unspecified atom stereocenters. The van der Waals surface area contributed by atoms with Crippen molar-refractivity contribution in [1.82, 2.24) is 0 Å². The smallest absolute Gasteiger partial charge is 0.282 e. The van der Waals surface area contributed by atoms with E-state index in [1.807, 2.05) is 0 Å². The summed E-state index contributed by atoms with van der Waals surface area (Å²) in [4.78, 5) is 7.75. The Morgan fingerprint density at radius 1 is 0.684 bits per heavy atom. The quantitative estimate of drug-likeness (QED) is 0.197. The van der Waals surface area contributed by atoms with Crippen LogP contribution in [-0.2, 0) is 15.7 Å². The molecule has 0 saturated heterocycles. The van der Waals surface area contributed by atoms with Crippen molar-refractivity contribution in [2.45, 2.75) is 41.5 Å². The summed E-state index contributed by atoms with van der Waals surface area (Å²) in [5, 5.41) is 0. The largest absolute Gasteiger partial charge is 0.545 e. The van der Waals surface area contributed by atoms with Gasteiger partial charge in [-0.15, -0.1) is 0 Å². The standard InChI is InChI=1S/2C6H15P.CHO.2BrH.Ni/c2*1-4-7(5-2)6-3;1-2;;;/h2*4-6H2,1-3H3;1H;2*1H;/q;;-1;;;+3. The van der Waals surface area contributed by atoms with E-state index in [-0.39, 0.29) is 15.8 Å². The van der Waals surface area contributed by atoms with Crippen LogP contribution >= 0.6 is 44.3 Å². The Bertz CT molecular complexity index is 104. The van der Waals surface area contributed by atoms with Gasteiger partial charge in [-0.3, -0.25) is 6.79 Å². The zero-order valence-corrected chi connectivity index (χ0v) is 19.5. The van der Waals surface area contributed by atoms with Crippen molar-refractivity contribution in [3.63, 3.8) is 0 Å². The monoisotopic (exact) mass is 483 g/mol. The van der Waals surface area contributed by atoms with E-state index in [1.54, 1.807) is 0 Å². The summed E-state index contributed by atoms with van der Waals surface area (Å²) >= 11 is 6.00. The van der Waals surface area contributed by atoms with Gasteiger partial charge in [0, 0.05) is 0 Å². The van der Waals surface area contributed by atoms with Gasteiger partial charge < -0.3 is 4.79 Å². The molecule has 0 aromatic heterocycles. The van der Waals surface area contributed by atoms with Crippen molar-refractivity contribution in [3.05, 3.63) is 0 Å². The van der Waals surface area contributed by atoms with Crippen LogP contribution in [0.4, 0.5) is 0 Å². The van der Waals surface area contributed by atoms with Crippen molar-refractivity contribution in [1.29, 1.82) is 0 Å². The van der Waals surface area contributed by atoms with Crippen molar-refractivity contribution >= 4 is 51.1 Å². The van der Waals surface area contributed by atoms with E-state index < -0.39 is 0 Å². The molecule has 0 aromatic carbocycles. The third kappa shape index (κ3) is 33.1. The molecule has 123 valence electrons. The first-order chi connectivity index (χ1) is 9.11. The van der Waals surface area contributed by atoms with Crippen LogP contribution in [0, 0.1) is 0 Å². The second kappa shape index (κ2) is 32.1. The van der Waals surface area contributed by atoms with E-state index in [0.717, 1.165) is 0 Å². The molecule has 0 heterocycles. The first-order valence-electron chi connectivity index (χ1n) is 6.84. The predicted molar refractivity (Wildman–Crippen MR) is 104 cm³/mol. The van der Waals surface area contributed by atoms with E-state index in [9.17, 15) is 0 Å². The van der Waals surface area contributed by atoms with Crippen LogP contribution < -0.4 is 0 Å². The topological polar surface area (TPSA) is 17.1 Å². The van der Waals surface area contributed by atoms with Gasteiger partial charge >= 0.3 is 39.3 Å². The van der Waals surface area contributed by atoms with Crippen LogP contribution in [0.1, 0.15) is 41.5 Å². The molecule has 0 bridgehead atoms. The Kier molecular flexibility index (Phi) is 49.0. The average molecular weight is 486 g/mol. The number of hydrogen-bond donors (Lipinski definition) is 0. The number of halogens is 2. The molecule has 0 saturated carbocycles. The Hall–Kier alpha value is 1.98. The van der Waals surface area contributed by atoms with E-state index >= 15 is 0 Å². The molecule has 0 N–H and O–H groups in total. The summed E-state index contributed by atoms with van der Waals surface area (Å²) in [7, 11) is 1.52. The molecule has 0 amide bonds. The SMILES string of the molecule is CC[PH+](CC)CC.CC[PH+](CC)CC.[Br][Ni+][Br].[CH-]=O. The van der Waals surface area contributed by atoms with Crippen LogP contribution in [-0.4, -0.2) is 43.8 Å². The zero-order valence-electron chi connectivity index (χ0n) is 13.3. The second-order valence-electron chi connectivity index (χ2n) is 3.67. The summed E-state index contributed by atoms with van der Waals surface area (Å²) in [6, 6.07) is 0. The van der Waals surface area contributed by atoms with Crippen LogP contribution in [0.15, 0.2) is 0 Å². The second-order valence-corrected chi connectivity index (χ2v) is 15.9. The van der Waals surface area contributed by atoms with Crippen LogP contribution in [0.2, 0.25) is 0 Å².